The number of rotatable bonds is 3. The minimum absolute atomic E-state index is 0.129. The van der Waals surface area contributed by atoms with Gasteiger partial charge in [-0.1, -0.05) is 6.92 Å². The lowest BCUT2D eigenvalue weighted by Crippen LogP contribution is -2.08. The number of hydrogen-bond donors (Lipinski definition) is 1. The number of nitrogens with one attached hydrogen (secondary N) is 1. The predicted octanol–water partition coefficient (Wildman–Crippen LogP) is 2.78. The van der Waals surface area contributed by atoms with Crippen molar-refractivity contribution in [3.05, 3.63) is 41.2 Å². The summed E-state index contributed by atoms with van der Waals surface area (Å²) in [7, 11) is 0. The lowest BCUT2D eigenvalue weighted by atomic mass is 10.1. The van der Waals surface area contributed by atoms with Gasteiger partial charge in [0.2, 0.25) is 0 Å². The van der Waals surface area contributed by atoms with Gasteiger partial charge in [-0.25, -0.2) is 14.1 Å². The SMILES string of the molecule is Cc1nc(C(C)C=N)n(-c2ccc(F)cc2C)n1. The van der Waals surface area contributed by atoms with Crippen LogP contribution in [0.1, 0.15) is 30.1 Å². The van der Waals surface area contributed by atoms with E-state index in [4.69, 9.17) is 5.41 Å². The topological polar surface area (TPSA) is 54.6 Å². The van der Waals surface area contributed by atoms with Crippen molar-refractivity contribution in [2.75, 3.05) is 0 Å². The maximum absolute atomic E-state index is 13.1. The second-order valence-electron chi connectivity index (χ2n) is 4.32. The predicted molar refractivity (Wildman–Crippen MR) is 68.0 cm³/mol. The molecule has 0 radical (unpaired) electrons. The van der Waals surface area contributed by atoms with Gasteiger partial charge in [0.1, 0.15) is 17.5 Å². The highest BCUT2D eigenvalue weighted by molar-refractivity contribution is 5.62. The van der Waals surface area contributed by atoms with Crippen LogP contribution in [0.2, 0.25) is 0 Å². The van der Waals surface area contributed by atoms with Crippen LogP contribution in [-0.4, -0.2) is 21.0 Å². The molecule has 0 aliphatic rings. The Bertz CT molecular complexity index is 589. The molecule has 0 spiro atoms. The standard InChI is InChI=1S/C13H15FN4/c1-8-6-11(14)4-5-12(8)18-13(9(2)7-15)16-10(3)17-18/h4-7,9,15H,1-3H3. The minimum Gasteiger partial charge on any atom is -0.312 e. The van der Waals surface area contributed by atoms with Gasteiger partial charge in [-0.2, -0.15) is 5.10 Å². The van der Waals surface area contributed by atoms with Crippen LogP contribution in [0, 0.1) is 25.1 Å². The first kappa shape index (κ1) is 12.4. The van der Waals surface area contributed by atoms with Crippen molar-refractivity contribution >= 4 is 6.21 Å². The summed E-state index contributed by atoms with van der Waals surface area (Å²) in [6.45, 7) is 5.51. The fourth-order valence-corrected chi connectivity index (χ4v) is 1.83. The molecule has 0 aliphatic carbocycles. The van der Waals surface area contributed by atoms with E-state index in [1.807, 2.05) is 13.8 Å². The zero-order valence-corrected chi connectivity index (χ0v) is 10.6. The number of aromatic nitrogens is 3. The van der Waals surface area contributed by atoms with Gasteiger partial charge < -0.3 is 5.41 Å². The first-order valence-corrected chi connectivity index (χ1v) is 5.73. The van der Waals surface area contributed by atoms with Gasteiger partial charge in [0.25, 0.3) is 0 Å². The van der Waals surface area contributed by atoms with Crippen molar-refractivity contribution in [1.29, 1.82) is 5.41 Å². The summed E-state index contributed by atoms with van der Waals surface area (Å²) in [6.07, 6.45) is 1.32. The van der Waals surface area contributed by atoms with Crippen molar-refractivity contribution in [2.45, 2.75) is 26.7 Å². The second kappa shape index (κ2) is 4.68. The maximum atomic E-state index is 13.1. The summed E-state index contributed by atoms with van der Waals surface area (Å²) < 4.78 is 14.8. The molecular formula is C13H15FN4. The lowest BCUT2D eigenvalue weighted by Gasteiger charge is -2.10. The molecule has 4 nitrogen and oxygen atoms in total. The average Bonchev–Trinajstić information content (AvgIpc) is 2.70. The number of benzene rings is 1. The van der Waals surface area contributed by atoms with Crippen molar-refractivity contribution < 1.29 is 4.39 Å². The van der Waals surface area contributed by atoms with Crippen LogP contribution in [0.4, 0.5) is 4.39 Å². The second-order valence-corrected chi connectivity index (χ2v) is 4.32. The molecular weight excluding hydrogens is 231 g/mol. The molecule has 0 amide bonds. The van der Waals surface area contributed by atoms with Crippen LogP contribution in [0.5, 0.6) is 0 Å². The van der Waals surface area contributed by atoms with Gasteiger partial charge in [-0.15, -0.1) is 0 Å². The Kier molecular flexibility index (Phi) is 3.23. The molecule has 0 saturated heterocycles. The molecule has 0 fully saturated rings. The molecule has 1 atom stereocenters. The summed E-state index contributed by atoms with van der Waals surface area (Å²) in [6, 6.07) is 4.54. The zero-order valence-electron chi connectivity index (χ0n) is 10.6. The van der Waals surface area contributed by atoms with Crippen LogP contribution < -0.4 is 0 Å². The Balaban J connectivity index is 2.59. The minimum atomic E-state index is -0.269. The van der Waals surface area contributed by atoms with Gasteiger partial charge >= 0.3 is 0 Å². The third-order valence-corrected chi connectivity index (χ3v) is 2.78. The summed E-state index contributed by atoms with van der Waals surface area (Å²) in [5, 5.41) is 11.7. The number of hydrogen-bond acceptors (Lipinski definition) is 3. The van der Waals surface area contributed by atoms with Crippen LogP contribution in [0.25, 0.3) is 5.69 Å². The molecule has 0 bridgehead atoms. The molecule has 1 aromatic carbocycles. The Morgan fingerprint density at radius 2 is 2.11 bits per heavy atom. The van der Waals surface area contributed by atoms with E-state index in [-0.39, 0.29) is 11.7 Å². The number of nitrogens with zero attached hydrogens (tertiary/aromatic N) is 3. The van der Waals surface area contributed by atoms with Crippen molar-refractivity contribution in [3.8, 4) is 5.69 Å². The van der Waals surface area contributed by atoms with Gasteiger partial charge in [0, 0.05) is 6.21 Å². The Hall–Kier alpha value is -2.04. The summed E-state index contributed by atoms with van der Waals surface area (Å²) in [4.78, 5) is 4.33. The van der Waals surface area contributed by atoms with Crippen LogP contribution in [0.15, 0.2) is 18.2 Å². The molecule has 1 N–H and O–H groups in total. The van der Waals surface area contributed by atoms with E-state index < -0.39 is 0 Å². The van der Waals surface area contributed by atoms with E-state index in [2.05, 4.69) is 10.1 Å². The van der Waals surface area contributed by atoms with E-state index in [1.165, 1.54) is 18.3 Å². The molecule has 94 valence electrons. The average molecular weight is 246 g/mol. The number of halogens is 1. The molecule has 0 aliphatic heterocycles. The van der Waals surface area contributed by atoms with E-state index in [1.54, 1.807) is 17.7 Å². The van der Waals surface area contributed by atoms with Crippen molar-refractivity contribution in [2.24, 2.45) is 0 Å². The summed E-state index contributed by atoms with van der Waals surface area (Å²) in [5.74, 6) is 0.935. The lowest BCUT2D eigenvalue weighted by molar-refractivity contribution is 0.625. The number of aryl methyl sites for hydroxylation is 2. The smallest absolute Gasteiger partial charge is 0.148 e. The maximum Gasteiger partial charge on any atom is 0.148 e. The first-order valence-electron chi connectivity index (χ1n) is 5.73. The highest BCUT2D eigenvalue weighted by Crippen LogP contribution is 2.20. The normalized spacial score (nSPS) is 12.4. The quantitative estimate of drug-likeness (QED) is 0.846. The van der Waals surface area contributed by atoms with Crippen molar-refractivity contribution in [1.82, 2.24) is 14.8 Å². The highest BCUT2D eigenvalue weighted by Gasteiger charge is 2.15. The monoisotopic (exact) mass is 246 g/mol. The summed E-state index contributed by atoms with van der Waals surface area (Å²) in [5.41, 5.74) is 1.58. The molecule has 2 rings (SSSR count). The molecule has 1 unspecified atom stereocenters. The Morgan fingerprint density at radius 1 is 1.39 bits per heavy atom. The molecule has 0 saturated carbocycles. The van der Waals surface area contributed by atoms with E-state index in [0.29, 0.717) is 11.6 Å². The van der Waals surface area contributed by atoms with Crippen LogP contribution in [0.3, 0.4) is 0 Å². The first-order chi connectivity index (χ1) is 8.52. The molecule has 2 aromatic rings. The Morgan fingerprint density at radius 3 is 2.72 bits per heavy atom. The molecule has 1 aromatic heterocycles. The van der Waals surface area contributed by atoms with Gasteiger partial charge in [-0.05, 0) is 37.6 Å². The van der Waals surface area contributed by atoms with E-state index in [9.17, 15) is 4.39 Å². The van der Waals surface area contributed by atoms with Gasteiger partial charge in [0.05, 0.1) is 11.6 Å². The van der Waals surface area contributed by atoms with E-state index >= 15 is 0 Å². The third kappa shape index (κ3) is 2.16. The third-order valence-electron chi connectivity index (χ3n) is 2.78. The van der Waals surface area contributed by atoms with Gasteiger partial charge in [0.15, 0.2) is 0 Å². The zero-order chi connectivity index (χ0) is 13.3. The molecule has 1 heterocycles. The van der Waals surface area contributed by atoms with Crippen molar-refractivity contribution in [3.63, 3.8) is 0 Å². The molecule has 18 heavy (non-hydrogen) atoms. The fraction of sp³-hybridized carbons (Fsp3) is 0.308. The fourth-order valence-electron chi connectivity index (χ4n) is 1.83. The van der Waals surface area contributed by atoms with E-state index in [0.717, 1.165) is 11.3 Å². The summed E-state index contributed by atoms with van der Waals surface area (Å²) >= 11 is 0. The van der Waals surface area contributed by atoms with Crippen LogP contribution in [-0.2, 0) is 0 Å². The van der Waals surface area contributed by atoms with Crippen LogP contribution >= 0.6 is 0 Å². The Labute approximate surface area is 105 Å². The largest absolute Gasteiger partial charge is 0.312 e. The highest BCUT2D eigenvalue weighted by atomic mass is 19.1. The van der Waals surface area contributed by atoms with Gasteiger partial charge in [-0.3, -0.25) is 0 Å². The molecule has 5 heteroatoms.